The summed E-state index contributed by atoms with van der Waals surface area (Å²) in [6, 6.07) is 11.0. The summed E-state index contributed by atoms with van der Waals surface area (Å²) in [7, 11) is 0. The van der Waals surface area contributed by atoms with Crippen LogP contribution in [0.2, 0.25) is 0 Å². The quantitative estimate of drug-likeness (QED) is 0.437. The summed E-state index contributed by atoms with van der Waals surface area (Å²) in [6.45, 7) is 8.83. The molecule has 3 aromatic rings. The molecule has 0 fully saturated rings. The van der Waals surface area contributed by atoms with Crippen LogP contribution in [0.1, 0.15) is 50.6 Å². The number of thiophene rings is 1. The predicted molar refractivity (Wildman–Crippen MR) is 136 cm³/mol. The summed E-state index contributed by atoms with van der Waals surface area (Å²) in [5.41, 5.74) is 1.72. The van der Waals surface area contributed by atoms with E-state index >= 15 is 0 Å². The third-order valence-electron chi connectivity index (χ3n) is 5.25. The molecule has 0 N–H and O–H groups in total. The SMILES string of the molecule is CCCOc1ccc(/C=c2/sc3n(c2=O)[C@H](c2cccs2)C(C(=O)OCC(C)C)=C(C)N=3)cc1. The van der Waals surface area contributed by atoms with E-state index in [-0.39, 0.29) is 11.5 Å². The average molecular weight is 497 g/mol. The molecule has 0 saturated carbocycles. The van der Waals surface area contributed by atoms with Crippen LogP contribution < -0.4 is 19.6 Å². The van der Waals surface area contributed by atoms with Crippen molar-refractivity contribution in [2.24, 2.45) is 10.9 Å². The molecule has 8 heteroatoms. The second-order valence-electron chi connectivity index (χ2n) is 8.51. The number of rotatable bonds is 8. The van der Waals surface area contributed by atoms with Crippen LogP contribution in [-0.2, 0) is 9.53 Å². The van der Waals surface area contributed by atoms with Crippen LogP contribution >= 0.6 is 22.7 Å². The lowest BCUT2D eigenvalue weighted by molar-refractivity contribution is -0.140. The highest BCUT2D eigenvalue weighted by Crippen LogP contribution is 2.33. The Bertz CT molecular complexity index is 1360. The van der Waals surface area contributed by atoms with E-state index in [2.05, 4.69) is 11.9 Å². The Morgan fingerprint density at radius 2 is 2.00 bits per heavy atom. The van der Waals surface area contributed by atoms with Gasteiger partial charge in [0.05, 0.1) is 29.0 Å². The molecule has 178 valence electrons. The van der Waals surface area contributed by atoms with E-state index in [4.69, 9.17) is 9.47 Å². The first-order chi connectivity index (χ1) is 16.4. The summed E-state index contributed by atoms with van der Waals surface area (Å²) in [5.74, 6) is 0.591. The molecular formula is C26H28N2O4S2. The van der Waals surface area contributed by atoms with Gasteiger partial charge in [0, 0.05) is 4.88 Å². The fourth-order valence-electron chi connectivity index (χ4n) is 3.65. The number of carbonyl (C=O) groups excluding carboxylic acids is 1. The van der Waals surface area contributed by atoms with Crippen molar-refractivity contribution in [3.05, 3.63) is 83.2 Å². The van der Waals surface area contributed by atoms with E-state index in [9.17, 15) is 9.59 Å². The summed E-state index contributed by atoms with van der Waals surface area (Å²) in [6.07, 6.45) is 2.80. The molecule has 1 aromatic carbocycles. The first-order valence-electron chi connectivity index (χ1n) is 11.3. The largest absolute Gasteiger partial charge is 0.494 e. The average Bonchev–Trinajstić information content (AvgIpc) is 3.45. The van der Waals surface area contributed by atoms with Crippen LogP contribution in [0.5, 0.6) is 5.75 Å². The summed E-state index contributed by atoms with van der Waals surface area (Å²) in [5, 5.41) is 1.94. The number of fused-ring (bicyclic) bond motifs is 1. The molecule has 2 aromatic heterocycles. The number of carbonyl (C=O) groups is 1. The van der Waals surface area contributed by atoms with Crippen LogP contribution in [0.3, 0.4) is 0 Å². The number of nitrogens with zero attached hydrogens (tertiary/aromatic N) is 2. The van der Waals surface area contributed by atoms with Gasteiger partial charge in [0.2, 0.25) is 0 Å². The number of hydrogen-bond acceptors (Lipinski definition) is 7. The Hall–Kier alpha value is -2.97. The molecule has 0 bridgehead atoms. The van der Waals surface area contributed by atoms with E-state index in [1.54, 1.807) is 11.5 Å². The molecular weight excluding hydrogens is 468 g/mol. The molecule has 1 aliphatic heterocycles. The van der Waals surface area contributed by atoms with Crippen molar-refractivity contribution in [3.8, 4) is 5.75 Å². The van der Waals surface area contributed by atoms with Crippen LogP contribution in [-0.4, -0.2) is 23.8 Å². The van der Waals surface area contributed by atoms with Gasteiger partial charge in [-0.15, -0.1) is 11.3 Å². The number of ether oxygens (including phenoxy) is 2. The van der Waals surface area contributed by atoms with Gasteiger partial charge >= 0.3 is 5.97 Å². The topological polar surface area (TPSA) is 69.9 Å². The fraction of sp³-hybridized carbons (Fsp3) is 0.346. The standard InChI is InChI=1S/C26H28N2O4S2/c1-5-12-31-19-10-8-18(9-11-19)14-21-24(29)28-23(20-7-6-13-33-20)22(17(4)27-26(28)34-21)25(30)32-15-16(2)3/h6-11,13-14,16,23H,5,12,15H2,1-4H3/b21-14+/t23-/m1/s1. The van der Waals surface area contributed by atoms with Crippen LogP contribution in [0, 0.1) is 5.92 Å². The van der Waals surface area contributed by atoms with Gasteiger partial charge < -0.3 is 9.47 Å². The first kappa shape index (κ1) is 24.2. The predicted octanol–water partition coefficient (Wildman–Crippen LogP) is 4.28. The summed E-state index contributed by atoms with van der Waals surface area (Å²) < 4.78 is 13.4. The molecule has 6 nitrogen and oxygen atoms in total. The number of benzene rings is 1. The highest BCUT2D eigenvalue weighted by Gasteiger charge is 2.34. The normalized spacial score (nSPS) is 15.9. The lowest BCUT2D eigenvalue weighted by atomic mass is 10.0. The van der Waals surface area contributed by atoms with Crippen molar-refractivity contribution >= 4 is 34.7 Å². The molecule has 1 aliphatic rings. The molecule has 0 unspecified atom stereocenters. The summed E-state index contributed by atoms with van der Waals surface area (Å²) >= 11 is 2.83. The first-order valence-corrected chi connectivity index (χ1v) is 13.0. The zero-order chi connectivity index (χ0) is 24.2. The summed E-state index contributed by atoms with van der Waals surface area (Å²) in [4.78, 5) is 32.7. The number of allylic oxidation sites excluding steroid dienone is 1. The van der Waals surface area contributed by atoms with Crippen molar-refractivity contribution in [2.75, 3.05) is 13.2 Å². The van der Waals surface area contributed by atoms with E-state index in [0.29, 0.717) is 33.8 Å². The second-order valence-corrected chi connectivity index (χ2v) is 10.5. The van der Waals surface area contributed by atoms with Crippen molar-refractivity contribution in [1.29, 1.82) is 0 Å². The van der Waals surface area contributed by atoms with Crippen molar-refractivity contribution in [3.63, 3.8) is 0 Å². The van der Waals surface area contributed by atoms with Gasteiger partial charge in [-0.3, -0.25) is 9.36 Å². The molecule has 0 radical (unpaired) electrons. The van der Waals surface area contributed by atoms with Gasteiger partial charge in [0.1, 0.15) is 11.8 Å². The minimum atomic E-state index is -0.553. The van der Waals surface area contributed by atoms with E-state index in [0.717, 1.165) is 22.6 Å². The van der Waals surface area contributed by atoms with Gasteiger partial charge in [-0.05, 0) is 54.5 Å². The third-order valence-corrected chi connectivity index (χ3v) is 7.16. The fourth-order valence-corrected chi connectivity index (χ4v) is 5.52. The Morgan fingerprint density at radius 3 is 2.65 bits per heavy atom. The molecule has 3 heterocycles. The van der Waals surface area contributed by atoms with Gasteiger partial charge in [-0.25, -0.2) is 9.79 Å². The Balaban J connectivity index is 1.77. The number of aromatic nitrogens is 1. The van der Waals surface area contributed by atoms with E-state index < -0.39 is 12.0 Å². The Morgan fingerprint density at radius 1 is 1.24 bits per heavy atom. The van der Waals surface area contributed by atoms with Gasteiger partial charge in [-0.2, -0.15) is 0 Å². The molecule has 0 saturated heterocycles. The van der Waals surface area contributed by atoms with Gasteiger partial charge in [-0.1, -0.05) is 50.3 Å². The molecule has 34 heavy (non-hydrogen) atoms. The van der Waals surface area contributed by atoms with Crippen LogP contribution in [0.15, 0.2) is 62.8 Å². The molecule has 0 spiro atoms. The maximum atomic E-state index is 13.6. The number of hydrogen-bond donors (Lipinski definition) is 0. The zero-order valence-corrected chi connectivity index (χ0v) is 21.4. The molecule has 0 aliphatic carbocycles. The smallest absolute Gasteiger partial charge is 0.338 e. The highest BCUT2D eigenvalue weighted by atomic mass is 32.1. The second kappa shape index (κ2) is 10.5. The Labute approximate surface area is 206 Å². The zero-order valence-electron chi connectivity index (χ0n) is 19.7. The minimum Gasteiger partial charge on any atom is -0.494 e. The van der Waals surface area contributed by atoms with Crippen LogP contribution in [0.4, 0.5) is 0 Å². The van der Waals surface area contributed by atoms with Crippen molar-refractivity contribution in [1.82, 2.24) is 4.57 Å². The monoisotopic (exact) mass is 496 g/mol. The molecule has 1 atom stereocenters. The maximum Gasteiger partial charge on any atom is 0.338 e. The van der Waals surface area contributed by atoms with E-state index in [1.165, 1.54) is 22.7 Å². The number of esters is 1. The highest BCUT2D eigenvalue weighted by molar-refractivity contribution is 7.10. The minimum absolute atomic E-state index is 0.171. The Kier molecular flexibility index (Phi) is 7.48. The lowest BCUT2D eigenvalue weighted by Crippen LogP contribution is -2.39. The molecule has 0 amide bonds. The molecule has 4 rings (SSSR count). The van der Waals surface area contributed by atoms with Gasteiger partial charge in [0.25, 0.3) is 5.56 Å². The van der Waals surface area contributed by atoms with Crippen molar-refractivity contribution in [2.45, 2.75) is 40.2 Å². The van der Waals surface area contributed by atoms with Crippen LogP contribution in [0.25, 0.3) is 6.08 Å². The third kappa shape index (κ3) is 5.08. The van der Waals surface area contributed by atoms with Gasteiger partial charge in [0.15, 0.2) is 4.80 Å². The maximum absolute atomic E-state index is 13.6. The van der Waals surface area contributed by atoms with Crippen molar-refractivity contribution < 1.29 is 14.3 Å². The number of thiazole rings is 1. The van der Waals surface area contributed by atoms with E-state index in [1.807, 2.05) is 61.7 Å². The lowest BCUT2D eigenvalue weighted by Gasteiger charge is -2.23.